The third kappa shape index (κ3) is 2.84. The van der Waals surface area contributed by atoms with E-state index in [0.717, 1.165) is 17.7 Å². The van der Waals surface area contributed by atoms with Crippen molar-refractivity contribution in [3.8, 4) is 0 Å². The number of hydrogen-bond acceptors (Lipinski definition) is 4. The van der Waals surface area contributed by atoms with Crippen LogP contribution in [0.4, 0.5) is 4.79 Å². The minimum atomic E-state index is -0.629. The molecular weight excluding hydrogens is 222 g/mol. The molecule has 0 radical (unpaired) electrons. The molecule has 1 heterocycles. The van der Waals surface area contributed by atoms with Gasteiger partial charge in [0.15, 0.2) is 0 Å². The standard InChI is InChI=1S/C12H17NO4/c14-10-4-2-1-3-9(10)5-6-11(15)13-7-8-17-12(13)16/h9H,1-8H2/i4D. The lowest BCUT2D eigenvalue weighted by Gasteiger charge is -2.20. The van der Waals surface area contributed by atoms with E-state index < -0.39 is 12.5 Å². The number of ketones is 1. The number of amides is 2. The van der Waals surface area contributed by atoms with Gasteiger partial charge in [0, 0.05) is 20.1 Å². The highest BCUT2D eigenvalue weighted by molar-refractivity contribution is 5.93. The van der Waals surface area contributed by atoms with E-state index >= 15 is 0 Å². The van der Waals surface area contributed by atoms with Crippen LogP contribution in [0.15, 0.2) is 0 Å². The van der Waals surface area contributed by atoms with Crippen molar-refractivity contribution in [2.75, 3.05) is 13.2 Å². The molecule has 0 aromatic carbocycles. The van der Waals surface area contributed by atoms with Crippen molar-refractivity contribution in [2.24, 2.45) is 5.92 Å². The van der Waals surface area contributed by atoms with Crippen molar-refractivity contribution >= 4 is 17.8 Å². The number of ether oxygens (including phenoxy) is 1. The molecule has 1 saturated heterocycles. The summed E-state index contributed by atoms with van der Waals surface area (Å²) >= 11 is 0. The van der Waals surface area contributed by atoms with Gasteiger partial charge in [-0.1, -0.05) is 6.42 Å². The average molecular weight is 240 g/mol. The predicted octanol–water partition coefficient (Wildman–Crippen LogP) is 1.50. The van der Waals surface area contributed by atoms with Crippen molar-refractivity contribution in [1.29, 1.82) is 0 Å². The number of nitrogens with zero attached hydrogens (tertiary/aromatic N) is 1. The number of carbonyl (C=O) groups is 3. The second kappa shape index (κ2) is 5.29. The fourth-order valence-electron chi connectivity index (χ4n) is 2.26. The molecule has 2 amide bonds. The number of cyclic esters (lactones) is 1. The van der Waals surface area contributed by atoms with E-state index in [-0.39, 0.29) is 30.6 Å². The third-order valence-corrected chi connectivity index (χ3v) is 3.27. The quantitative estimate of drug-likeness (QED) is 0.750. The molecule has 2 aliphatic rings. The Morgan fingerprint density at radius 3 is 3.00 bits per heavy atom. The van der Waals surface area contributed by atoms with E-state index in [1.54, 1.807) is 0 Å². The van der Waals surface area contributed by atoms with Crippen LogP contribution in [0.2, 0.25) is 0 Å². The number of rotatable bonds is 3. The van der Waals surface area contributed by atoms with Crippen molar-refractivity contribution < 1.29 is 20.5 Å². The second-order valence-electron chi connectivity index (χ2n) is 4.43. The molecule has 2 unspecified atom stereocenters. The maximum atomic E-state index is 11.8. The largest absolute Gasteiger partial charge is 0.447 e. The molecule has 0 N–H and O–H groups in total. The van der Waals surface area contributed by atoms with Crippen LogP contribution in [0.5, 0.6) is 0 Å². The smallest absolute Gasteiger partial charge is 0.416 e. The number of Topliss-reactive ketones (excluding diaryl/α,β-unsaturated/α-hetero) is 1. The van der Waals surface area contributed by atoms with Crippen LogP contribution in [0.25, 0.3) is 0 Å². The van der Waals surface area contributed by atoms with E-state index in [2.05, 4.69) is 4.74 Å². The summed E-state index contributed by atoms with van der Waals surface area (Å²) in [7, 11) is 0. The van der Waals surface area contributed by atoms with Crippen LogP contribution in [-0.2, 0) is 14.3 Å². The normalized spacial score (nSPS) is 30.1. The molecule has 5 heteroatoms. The van der Waals surface area contributed by atoms with Crippen LogP contribution in [-0.4, -0.2) is 35.8 Å². The zero-order chi connectivity index (χ0) is 13.1. The lowest BCUT2D eigenvalue weighted by atomic mass is 9.85. The zero-order valence-electron chi connectivity index (χ0n) is 10.7. The first kappa shape index (κ1) is 10.7. The van der Waals surface area contributed by atoms with Crippen LogP contribution in [0.3, 0.4) is 0 Å². The van der Waals surface area contributed by atoms with Gasteiger partial charge < -0.3 is 4.74 Å². The predicted molar refractivity (Wildman–Crippen MR) is 59.3 cm³/mol. The van der Waals surface area contributed by atoms with E-state index in [4.69, 9.17) is 1.37 Å². The Balaban J connectivity index is 1.82. The Kier molecular flexibility index (Phi) is 3.35. The van der Waals surface area contributed by atoms with Gasteiger partial charge in [0.25, 0.3) is 0 Å². The van der Waals surface area contributed by atoms with Gasteiger partial charge in [-0.05, 0) is 19.3 Å². The molecule has 0 bridgehead atoms. The molecule has 17 heavy (non-hydrogen) atoms. The first-order valence-corrected chi connectivity index (χ1v) is 6.02. The Bertz CT molecular complexity index is 371. The monoisotopic (exact) mass is 240 g/mol. The first-order valence-electron chi connectivity index (χ1n) is 6.60. The maximum absolute atomic E-state index is 11.8. The zero-order valence-corrected chi connectivity index (χ0v) is 9.68. The molecule has 5 nitrogen and oxygen atoms in total. The van der Waals surface area contributed by atoms with Crippen molar-refractivity contribution in [3.63, 3.8) is 0 Å². The van der Waals surface area contributed by atoms with E-state index in [1.807, 2.05) is 0 Å². The molecule has 0 spiro atoms. The first-order chi connectivity index (χ1) is 8.59. The summed E-state index contributed by atoms with van der Waals surface area (Å²) in [5.41, 5.74) is 0. The number of carbonyl (C=O) groups excluding carboxylic acids is 3. The third-order valence-electron chi connectivity index (χ3n) is 3.27. The number of imide groups is 1. The van der Waals surface area contributed by atoms with Gasteiger partial charge in [0.2, 0.25) is 5.91 Å². The lowest BCUT2D eigenvalue weighted by Crippen LogP contribution is -2.32. The Hall–Kier alpha value is -1.39. The Labute approximate surface area is 102 Å². The van der Waals surface area contributed by atoms with Crippen molar-refractivity contribution in [3.05, 3.63) is 0 Å². The van der Waals surface area contributed by atoms with Crippen LogP contribution >= 0.6 is 0 Å². The van der Waals surface area contributed by atoms with E-state index in [0.29, 0.717) is 19.4 Å². The van der Waals surface area contributed by atoms with Gasteiger partial charge in [-0.2, -0.15) is 0 Å². The van der Waals surface area contributed by atoms with Crippen molar-refractivity contribution in [2.45, 2.75) is 38.5 Å². The summed E-state index contributed by atoms with van der Waals surface area (Å²) in [6.07, 6.45) is 1.65. The van der Waals surface area contributed by atoms with Crippen LogP contribution in [0, 0.1) is 5.92 Å². The van der Waals surface area contributed by atoms with Gasteiger partial charge in [0.1, 0.15) is 12.4 Å². The second-order valence-corrected chi connectivity index (χ2v) is 4.43. The maximum Gasteiger partial charge on any atom is 0.416 e. The molecule has 1 aliphatic carbocycles. The highest BCUT2D eigenvalue weighted by Gasteiger charge is 2.29. The highest BCUT2D eigenvalue weighted by Crippen LogP contribution is 2.25. The molecule has 2 atom stereocenters. The van der Waals surface area contributed by atoms with Gasteiger partial charge in [-0.3, -0.25) is 9.59 Å². The Morgan fingerprint density at radius 2 is 2.29 bits per heavy atom. The van der Waals surface area contributed by atoms with Gasteiger partial charge in [0.05, 0.1) is 6.54 Å². The molecule has 2 fully saturated rings. The van der Waals surface area contributed by atoms with E-state index in [9.17, 15) is 14.4 Å². The highest BCUT2D eigenvalue weighted by atomic mass is 16.6. The fourth-order valence-corrected chi connectivity index (χ4v) is 2.26. The molecule has 1 saturated carbocycles. The summed E-state index contributed by atoms with van der Waals surface area (Å²) in [5.74, 6) is -0.528. The molecular formula is C12H17NO4. The average Bonchev–Trinajstić information content (AvgIpc) is 2.77. The van der Waals surface area contributed by atoms with Gasteiger partial charge in [-0.25, -0.2) is 9.69 Å². The molecule has 1 aliphatic heterocycles. The molecule has 94 valence electrons. The SMILES string of the molecule is [2H]C1CCCC(CCC(=O)N2CCOC2=O)C1=O. The minimum absolute atomic E-state index is 0.0574. The van der Waals surface area contributed by atoms with Crippen LogP contribution in [0.1, 0.15) is 39.9 Å². The van der Waals surface area contributed by atoms with Crippen LogP contribution < -0.4 is 0 Å². The summed E-state index contributed by atoms with van der Waals surface area (Å²) in [6, 6.07) is 0. The fraction of sp³-hybridized carbons (Fsp3) is 0.750. The summed E-state index contributed by atoms with van der Waals surface area (Å²) in [4.78, 5) is 35.7. The summed E-state index contributed by atoms with van der Waals surface area (Å²) < 4.78 is 12.3. The summed E-state index contributed by atoms with van der Waals surface area (Å²) in [6.45, 7) is 0.555. The molecule has 0 aromatic heterocycles. The minimum Gasteiger partial charge on any atom is -0.447 e. The van der Waals surface area contributed by atoms with Gasteiger partial charge in [-0.15, -0.1) is 0 Å². The Morgan fingerprint density at radius 1 is 1.47 bits per heavy atom. The summed E-state index contributed by atoms with van der Waals surface area (Å²) in [5, 5.41) is 0. The molecule has 0 aromatic rings. The van der Waals surface area contributed by atoms with E-state index in [1.165, 1.54) is 0 Å². The van der Waals surface area contributed by atoms with Crippen molar-refractivity contribution in [1.82, 2.24) is 4.90 Å². The topological polar surface area (TPSA) is 63.7 Å². The number of hydrogen-bond donors (Lipinski definition) is 0. The van der Waals surface area contributed by atoms with Gasteiger partial charge >= 0.3 is 6.09 Å². The molecule has 2 rings (SSSR count). The lowest BCUT2D eigenvalue weighted by molar-refractivity contribution is -0.129.